The third-order valence-electron chi connectivity index (χ3n) is 3.08. The maximum absolute atomic E-state index is 13.7. The Labute approximate surface area is 117 Å². The lowest BCUT2D eigenvalue weighted by Gasteiger charge is -2.24. The highest BCUT2D eigenvalue weighted by atomic mass is 19.1. The highest BCUT2D eigenvalue weighted by Crippen LogP contribution is 2.18. The van der Waals surface area contributed by atoms with Crippen molar-refractivity contribution in [1.29, 1.82) is 0 Å². The van der Waals surface area contributed by atoms with Crippen LogP contribution in [0.15, 0.2) is 24.3 Å². The van der Waals surface area contributed by atoms with Crippen molar-refractivity contribution >= 4 is 5.69 Å². The molecule has 0 aliphatic carbocycles. The summed E-state index contributed by atoms with van der Waals surface area (Å²) in [5.74, 6) is -0.128. The van der Waals surface area contributed by atoms with E-state index in [9.17, 15) is 4.39 Å². The fourth-order valence-electron chi connectivity index (χ4n) is 2.05. The van der Waals surface area contributed by atoms with Crippen molar-refractivity contribution in [1.82, 2.24) is 5.32 Å². The number of hydrogen-bond donors (Lipinski definition) is 1. The van der Waals surface area contributed by atoms with Gasteiger partial charge in [-0.3, -0.25) is 0 Å². The van der Waals surface area contributed by atoms with Gasteiger partial charge < -0.3 is 10.2 Å². The summed E-state index contributed by atoms with van der Waals surface area (Å²) in [4.78, 5) is 2.10. The Morgan fingerprint density at radius 3 is 2.42 bits per heavy atom. The van der Waals surface area contributed by atoms with Gasteiger partial charge in [-0.05, 0) is 59.2 Å². The first-order chi connectivity index (χ1) is 8.94. The van der Waals surface area contributed by atoms with E-state index >= 15 is 0 Å². The molecule has 0 spiro atoms. The van der Waals surface area contributed by atoms with Crippen LogP contribution in [0.4, 0.5) is 10.1 Å². The fourth-order valence-corrected chi connectivity index (χ4v) is 2.05. The SMILES string of the molecule is CCN(CCCCNC(C)(C)C)c1ccccc1F. The van der Waals surface area contributed by atoms with Crippen molar-refractivity contribution < 1.29 is 4.39 Å². The Morgan fingerprint density at radius 1 is 1.16 bits per heavy atom. The van der Waals surface area contributed by atoms with Gasteiger partial charge in [-0.1, -0.05) is 12.1 Å². The standard InChI is InChI=1S/C16H27FN2/c1-5-19(15-11-7-6-10-14(15)17)13-9-8-12-18-16(2,3)4/h6-7,10-11,18H,5,8-9,12-13H2,1-4H3. The summed E-state index contributed by atoms with van der Waals surface area (Å²) in [6, 6.07) is 7.01. The van der Waals surface area contributed by atoms with E-state index in [1.807, 2.05) is 12.1 Å². The molecule has 0 aromatic heterocycles. The molecule has 3 heteroatoms. The number of hydrogen-bond acceptors (Lipinski definition) is 2. The molecule has 0 aliphatic heterocycles. The van der Waals surface area contributed by atoms with Gasteiger partial charge in [0.25, 0.3) is 0 Å². The molecule has 2 nitrogen and oxygen atoms in total. The predicted molar refractivity (Wildman–Crippen MR) is 81.3 cm³/mol. The van der Waals surface area contributed by atoms with Crippen molar-refractivity contribution in [2.75, 3.05) is 24.5 Å². The summed E-state index contributed by atoms with van der Waals surface area (Å²) in [7, 11) is 0. The van der Waals surface area contributed by atoms with E-state index in [-0.39, 0.29) is 11.4 Å². The van der Waals surface area contributed by atoms with Crippen LogP contribution in [0.3, 0.4) is 0 Å². The van der Waals surface area contributed by atoms with Gasteiger partial charge in [0, 0.05) is 18.6 Å². The van der Waals surface area contributed by atoms with E-state index in [0.29, 0.717) is 5.69 Å². The molecule has 1 rings (SSSR count). The largest absolute Gasteiger partial charge is 0.369 e. The fraction of sp³-hybridized carbons (Fsp3) is 0.625. The van der Waals surface area contributed by atoms with Crippen LogP contribution in [0.1, 0.15) is 40.5 Å². The van der Waals surface area contributed by atoms with E-state index in [0.717, 1.165) is 32.5 Å². The van der Waals surface area contributed by atoms with Crippen molar-refractivity contribution in [2.24, 2.45) is 0 Å². The minimum Gasteiger partial charge on any atom is -0.369 e. The van der Waals surface area contributed by atoms with Crippen LogP contribution < -0.4 is 10.2 Å². The third kappa shape index (κ3) is 6.06. The van der Waals surface area contributed by atoms with Gasteiger partial charge in [0.2, 0.25) is 0 Å². The van der Waals surface area contributed by atoms with Gasteiger partial charge in [0.1, 0.15) is 5.82 Å². The molecule has 0 saturated carbocycles. The monoisotopic (exact) mass is 266 g/mol. The molecule has 0 unspecified atom stereocenters. The van der Waals surface area contributed by atoms with E-state index in [4.69, 9.17) is 0 Å². The minimum absolute atomic E-state index is 0.128. The van der Waals surface area contributed by atoms with Crippen molar-refractivity contribution in [3.05, 3.63) is 30.1 Å². The molecule has 0 radical (unpaired) electrons. The highest BCUT2D eigenvalue weighted by molar-refractivity contribution is 5.47. The van der Waals surface area contributed by atoms with Gasteiger partial charge in [-0.25, -0.2) is 4.39 Å². The normalized spacial score (nSPS) is 11.6. The summed E-state index contributed by atoms with van der Waals surface area (Å²) >= 11 is 0. The number of rotatable bonds is 7. The molecule has 0 heterocycles. The summed E-state index contributed by atoms with van der Waals surface area (Å²) in [5.41, 5.74) is 0.893. The van der Waals surface area contributed by atoms with E-state index in [1.165, 1.54) is 6.07 Å². The Kier molecular flexibility index (Phi) is 6.29. The van der Waals surface area contributed by atoms with Gasteiger partial charge in [0.15, 0.2) is 0 Å². The number of halogens is 1. The molecule has 108 valence electrons. The molecular weight excluding hydrogens is 239 g/mol. The van der Waals surface area contributed by atoms with Crippen LogP contribution in [0, 0.1) is 5.82 Å². The highest BCUT2D eigenvalue weighted by Gasteiger charge is 2.10. The molecule has 0 atom stereocenters. The Bertz CT molecular complexity index is 371. The quantitative estimate of drug-likeness (QED) is 0.755. The molecule has 0 fully saturated rings. The molecule has 0 saturated heterocycles. The number of benzene rings is 1. The Morgan fingerprint density at radius 2 is 1.84 bits per heavy atom. The average molecular weight is 266 g/mol. The van der Waals surface area contributed by atoms with Crippen LogP contribution in [-0.4, -0.2) is 25.2 Å². The minimum atomic E-state index is -0.128. The number of para-hydroxylation sites is 1. The molecule has 1 aromatic carbocycles. The molecule has 0 amide bonds. The predicted octanol–water partition coefficient (Wildman–Crippen LogP) is 3.82. The molecule has 1 aromatic rings. The first-order valence-corrected chi connectivity index (χ1v) is 7.18. The lowest BCUT2D eigenvalue weighted by molar-refractivity contribution is 0.419. The molecule has 0 bridgehead atoms. The van der Waals surface area contributed by atoms with E-state index in [1.54, 1.807) is 6.07 Å². The average Bonchev–Trinajstić information content (AvgIpc) is 2.34. The van der Waals surface area contributed by atoms with Crippen LogP contribution >= 0.6 is 0 Å². The number of unbranched alkanes of at least 4 members (excludes halogenated alkanes) is 1. The molecule has 0 aliphatic rings. The van der Waals surface area contributed by atoms with Gasteiger partial charge in [-0.15, -0.1) is 0 Å². The van der Waals surface area contributed by atoms with E-state index < -0.39 is 0 Å². The van der Waals surface area contributed by atoms with Crippen molar-refractivity contribution in [3.8, 4) is 0 Å². The Balaban J connectivity index is 2.36. The third-order valence-corrected chi connectivity index (χ3v) is 3.08. The van der Waals surface area contributed by atoms with Crippen LogP contribution in [0.2, 0.25) is 0 Å². The molecule has 1 N–H and O–H groups in total. The smallest absolute Gasteiger partial charge is 0.146 e. The number of anilines is 1. The van der Waals surface area contributed by atoms with Crippen LogP contribution in [-0.2, 0) is 0 Å². The van der Waals surface area contributed by atoms with Crippen LogP contribution in [0.5, 0.6) is 0 Å². The van der Waals surface area contributed by atoms with Crippen LogP contribution in [0.25, 0.3) is 0 Å². The maximum atomic E-state index is 13.7. The first-order valence-electron chi connectivity index (χ1n) is 7.18. The van der Waals surface area contributed by atoms with Gasteiger partial charge in [-0.2, -0.15) is 0 Å². The second-order valence-electron chi connectivity index (χ2n) is 5.91. The zero-order valence-electron chi connectivity index (χ0n) is 12.7. The summed E-state index contributed by atoms with van der Waals surface area (Å²) in [6.45, 7) is 11.3. The summed E-state index contributed by atoms with van der Waals surface area (Å²) in [5, 5.41) is 3.47. The zero-order valence-corrected chi connectivity index (χ0v) is 12.7. The lowest BCUT2D eigenvalue weighted by atomic mass is 10.1. The van der Waals surface area contributed by atoms with Gasteiger partial charge >= 0.3 is 0 Å². The topological polar surface area (TPSA) is 15.3 Å². The number of nitrogens with zero attached hydrogens (tertiary/aromatic N) is 1. The maximum Gasteiger partial charge on any atom is 0.146 e. The molecule has 19 heavy (non-hydrogen) atoms. The second kappa shape index (κ2) is 7.49. The first kappa shape index (κ1) is 16.0. The summed E-state index contributed by atoms with van der Waals surface area (Å²) in [6.07, 6.45) is 2.19. The van der Waals surface area contributed by atoms with Crippen molar-refractivity contribution in [2.45, 2.75) is 46.1 Å². The van der Waals surface area contributed by atoms with E-state index in [2.05, 4.69) is 37.9 Å². The second-order valence-corrected chi connectivity index (χ2v) is 5.91. The van der Waals surface area contributed by atoms with Crippen molar-refractivity contribution in [3.63, 3.8) is 0 Å². The Hall–Kier alpha value is -1.09. The summed E-state index contributed by atoms with van der Waals surface area (Å²) < 4.78 is 13.7. The molecular formula is C16H27FN2. The lowest BCUT2D eigenvalue weighted by Crippen LogP contribution is -2.36. The zero-order chi connectivity index (χ0) is 14.3. The van der Waals surface area contributed by atoms with Gasteiger partial charge in [0.05, 0.1) is 5.69 Å². The number of nitrogens with one attached hydrogen (secondary N) is 1.